The Labute approximate surface area is 153 Å². The summed E-state index contributed by atoms with van der Waals surface area (Å²) in [6.45, 7) is 4.45. The first-order valence-electron chi connectivity index (χ1n) is 8.86. The molecule has 142 valence electrons. The summed E-state index contributed by atoms with van der Waals surface area (Å²) in [5, 5.41) is 11.9. The van der Waals surface area contributed by atoms with Crippen LogP contribution >= 0.6 is 0 Å². The van der Waals surface area contributed by atoms with Crippen molar-refractivity contribution in [2.24, 2.45) is 10.9 Å². The van der Waals surface area contributed by atoms with Crippen molar-refractivity contribution >= 4 is 23.6 Å². The van der Waals surface area contributed by atoms with Gasteiger partial charge in [-0.15, -0.1) is 0 Å². The predicted octanol–water partition coefficient (Wildman–Crippen LogP) is 1.45. The third-order valence-electron chi connectivity index (χ3n) is 3.81. The molecule has 2 amide bonds. The van der Waals surface area contributed by atoms with Crippen molar-refractivity contribution in [3.63, 3.8) is 0 Å². The molecule has 0 aromatic heterocycles. The zero-order valence-corrected chi connectivity index (χ0v) is 15.3. The van der Waals surface area contributed by atoms with Crippen LogP contribution in [0.5, 0.6) is 0 Å². The lowest BCUT2D eigenvalue weighted by Crippen LogP contribution is -2.41. The topological polar surface area (TPSA) is 104 Å². The highest BCUT2D eigenvalue weighted by Crippen LogP contribution is 2.28. The first kappa shape index (κ1) is 19.6. The molecule has 1 aliphatic carbocycles. The highest BCUT2D eigenvalue weighted by atomic mass is 16.5. The highest BCUT2D eigenvalue weighted by molar-refractivity contribution is 5.84. The van der Waals surface area contributed by atoms with Crippen molar-refractivity contribution in [2.75, 3.05) is 32.1 Å². The second-order valence-corrected chi connectivity index (χ2v) is 6.00. The van der Waals surface area contributed by atoms with Gasteiger partial charge >= 0.3 is 6.09 Å². The van der Waals surface area contributed by atoms with E-state index in [9.17, 15) is 9.59 Å². The van der Waals surface area contributed by atoms with Crippen molar-refractivity contribution in [2.45, 2.75) is 26.3 Å². The lowest BCUT2D eigenvalue weighted by molar-refractivity contribution is -0.122. The predicted molar refractivity (Wildman–Crippen MR) is 101 cm³/mol. The van der Waals surface area contributed by atoms with Gasteiger partial charge in [0.15, 0.2) is 5.96 Å². The summed E-state index contributed by atoms with van der Waals surface area (Å²) in [4.78, 5) is 27.3. The Bertz CT molecular complexity index is 626. The summed E-state index contributed by atoms with van der Waals surface area (Å²) in [6, 6.07) is 7.40. The fourth-order valence-corrected chi connectivity index (χ4v) is 2.23. The number of nitrogens with zero attached hydrogens (tertiary/aromatic N) is 1. The molecule has 0 bridgehead atoms. The minimum atomic E-state index is -0.497. The molecule has 0 atom stereocenters. The number of rotatable bonds is 8. The van der Waals surface area contributed by atoms with Crippen LogP contribution in [0.1, 0.15) is 25.3 Å². The minimum absolute atomic E-state index is 0.148. The van der Waals surface area contributed by atoms with Crippen LogP contribution in [0.25, 0.3) is 0 Å². The van der Waals surface area contributed by atoms with E-state index in [1.165, 1.54) is 7.11 Å². The van der Waals surface area contributed by atoms with E-state index in [0.717, 1.165) is 24.9 Å². The monoisotopic (exact) mass is 361 g/mol. The number of ether oxygens (including phenoxy) is 1. The van der Waals surface area contributed by atoms with E-state index in [0.29, 0.717) is 31.3 Å². The average molecular weight is 361 g/mol. The van der Waals surface area contributed by atoms with Crippen LogP contribution in [0.15, 0.2) is 29.3 Å². The number of hydrogen-bond donors (Lipinski definition) is 4. The van der Waals surface area contributed by atoms with E-state index >= 15 is 0 Å². The molecule has 1 aliphatic rings. The molecule has 1 fully saturated rings. The fraction of sp³-hybridized carbons (Fsp3) is 0.500. The Kier molecular flexibility index (Phi) is 7.73. The smallest absolute Gasteiger partial charge is 0.411 e. The summed E-state index contributed by atoms with van der Waals surface area (Å²) in [5.74, 6) is 1.08. The lowest BCUT2D eigenvalue weighted by Gasteiger charge is -2.12. The second kappa shape index (κ2) is 10.3. The van der Waals surface area contributed by atoms with Gasteiger partial charge in [0.25, 0.3) is 0 Å². The van der Waals surface area contributed by atoms with Crippen LogP contribution in [0, 0.1) is 5.92 Å². The Morgan fingerprint density at radius 1 is 1.12 bits per heavy atom. The molecule has 0 spiro atoms. The molecule has 0 radical (unpaired) electrons. The van der Waals surface area contributed by atoms with Crippen LogP contribution in [0.3, 0.4) is 0 Å². The molecule has 26 heavy (non-hydrogen) atoms. The normalized spacial score (nSPS) is 13.7. The van der Waals surface area contributed by atoms with E-state index in [4.69, 9.17) is 0 Å². The van der Waals surface area contributed by atoms with Crippen molar-refractivity contribution < 1.29 is 14.3 Å². The third kappa shape index (κ3) is 7.00. The molecule has 8 heteroatoms. The van der Waals surface area contributed by atoms with Gasteiger partial charge in [0.1, 0.15) is 0 Å². The van der Waals surface area contributed by atoms with Gasteiger partial charge in [-0.2, -0.15) is 0 Å². The zero-order valence-electron chi connectivity index (χ0n) is 15.3. The van der Waals surface area contributed by atoms with Gasteiger partial charge < -0.3 is 20.7 Å². The van der Waals surface area contributed by atoms with Crippen LogP contribution in [0.4, 0.5) is 10.5 Å². The third-order valence-corrected chi connectivity index (χ3v) is 3.81. The van der Waals surface area contributed by atoms with Gasteiger partial charge in [0.05, 0.1) is 13.7 Å². The average Bonchev–Trinajstić information content (AvgIpc) is 3.49. The van der Waals surface area contributed by atoms with Crippen LogP contribution in [-0.2, 0) is 16.1 Å². The number of anilines is 1. The minimum Gasteiger partial charge on any atom is -0.453 e. The zero-order chi connectivity index (χ0) is 18.8. The molecule has 4 N–H and O–H groups in total. The van der Waals surface area contributed by atoms with Crippen LogP contribution in [-0.4, -0.2) is 44.7 Å². The number of carbonyl (C=O) groups excluding carboxylic acids is 2. The summed E-state index contributed by atoms with van der Waals surface area (Å²) in [7, 11) is 1.32. The molecular weight excluding hydrogens is 334 g/mol. The number of carbonyl (C=O) groups is 2. The second-order valence-electron chi connectivity index (χ2n) is 6.00. The van der Waals surface area contributed by atoms with Crippen molar-refractivity contribution in [1.82, 2.24) is 16.0 Å². The molecule has 1 aromatic rings. The molecule has 0 heterocycles. The molecule has 0 saturated heterocycles. The standard InChI is InChI=1S/C18H27N5O3/c1-3-19-17(21-11-10-20-16(24)14-6-7-14)22-12-13-4-8-15(9-5-13)23-18(25)26-2/h4-5,8-9,14H,3,6-7,10-12H2,1-2H3,(H,20,24)(H,23,25)(H2,19,21,22). The van der Waals surface area contributed by atoms with Crippen LogP contribution in [0.2, 0.25) is 0 Å². The fourth-order valence-electron chi connectivity index (χ4n) is 2.23. The Morgan fingerprint density at radius 3 is 2.42 bits per heavy atom. The van der Waals surface area contributed by atoms with Crippen LogP contribution < -0.4 is 21.3 Å². The number of guanidine groups is 1. The Balaban J connectivity index is 1.77. The van der Waals surface area contributed by atoms with Gasteiger partial charge in [-0.1, -0.05) is 12.1 Å². The Hall–Kier alpha value is -2.77. The van der Waals surface area contributed by atoms with Crippen molar-refractivity contribution in [3.05, 3.63) is 29.8 Å². The summed E-state index contributed by atoms with van der Waals surface area (Å²) in [6.07, 6.45) is 1.53. The molecular formula is C18H27N5O3. The maximum Gasteiger partial charge on any atom is 0.411 e. The summed E-state index contributed by atoms with van der Waals surface area (Å²) in [5.41, 5.74) is 1.68. The van der Waals surface area contributed by atoms with Crippen molar-refractivity contribution in [1.29, 1.82) is 0 Å². The van der Waals surface area contributed by atoms with E-state index in [1.807, 2.05) is 19.1 Å². The lowest BCUT2D eigenvalue weighted by atomic mass is 10.2. The van der Waals surface area contributed by atoms with Crippen molar-refractivity contribution in [3.8, 4) is 0 Å². The van der Waals surface area contributed by atoms with Gasteiger partial charge in [-0.05, 0) is 37.5 Å². The SMILES string of the molecule is CCNC(=NCc1ccc(NC(=O)OC)cc1)NCCNC(=O)C1CC1. The van der Waals surface area contributed by atoms with Gasteiger partial charge in [-0.3, -0.25) is 10.1 Å². The molecule has 8 nitrogen and oxygen atoms in total. The van der Waals surface area contributed by atoms with Gasteiger partial charge in [-0.25, -0.2) is 9.79 Å². The molecule has 0 aliphatic heterocycles. The molecule has 1 saturated carbocycles. The van der Waals surface area contributed by atoms with E-state index in [2.05, 4.69) is 31.0 Å². The number of amides is 2. The van der Waals surface area contributed by atoms with E-state index in [-0.39, 0.29) is 11.8 Å². The number of aliphatic imine (C=N–C) groups is 1. The Morgan fingerprint density at radius 2 is 1.81 bits per heavy atom. The molecule has 1 aromatic carbocycles. The molecule has 2 rings (SSSR count). The highest BCUT2D eigenvalue weighted by Gasteiger charge is 2.28. The number of nitrogens with one attached hydrogen (secondary N) is 4. The number of methoxy groups -OCH3 is 1. The maximum absolute atomic E-state index is 11.6. The summed E-state index contributed by atoms with van der Waals surface area (Å²) < 4.78 is 4.55. The summed E-state index contributed by atoms with van der Waals surface area (Å²) >= 11 is 0. The number of benzene rings is 1. The molecule has 0 unspecified atom stereocenters. The first-order valence-corrected chi connectivity index (χ1v) is 8.86. The van der Waals surface area contributed by atoms with E-state index < -0.39 is 6.09 Å². The largest absolute Gasteiger partial charge is 0.453 e. The number of hydrogen-bond acceptors (Lipinski definition) is 4. The van der Waals surface area contributed by atoms with E-state index in [1.54, 1.807) is 12.1 Å². The van der Waals surface area contributed by atoms with Gasteiger partial charge in [0.2, 0.25) is 5.91 Å². The quantitative estimate of drug-likeness (QED) is 0.319. The van der Waals surface area contributed by atoms with Gasteiger partial charge in [0, 0.05) is 31.2 Å². The maximum atomic E-state index is 11.6. The first-order chi connectivity index (χ1) is 12.6.